The molecule has 0 aromatic rings. The molecule has 1 saturated heterocycles. The van der Waals surface area contributed by atoms with Crippen LogP contribution in [0.4, 0.5) is 0 Å². The van der Waals surface area contributed by atoms with E-state index in [9.17, 15) is 18.3 Å². The summed E-state index contributed by atoms with van der Waals surface area (Å²) in [5, 5.41) is 18.1. The van der Waals surface area contributed by atoms with Crippen molar-refractivity contribution in [2.24, 2.45) is 5.41 Å². The Labute approximate surface area is 105 Å². The summed E-state index contributed by atoms with van der Waals surface area (Å²) in [6.45, 7) is 0. The Balaban J connectivity index is 1.85. The Morgan fingerprint density at radius 2 is 2.00 bits per heavy atom. The topological polar surface area (TPSA) is 91.7 Å². The number of carboxylic acids is 1. The Hall–Kier alpha value is -0.270. The second kappa shape index (κ2) is 4.44. The van der Waals surface area contributed by atoms with Crippen LogP contribution in [0.2, 0.25) is 0 Å². The molecule has 2 N–H and O–H groups in total. The van der Waals surface area contributed by atoms with Gasteiger partial charge in [0.2, 0.25) is 0 Å². The molecule has 5 nitrogen and oxygen atoms in total. The lowest BCUT2D eigenvalue weighted by Gasteiger charge is -2.17. The zero-order valence-electron chi connectivity index (χ0n) is 9.33. The summed E-state index contributed by atoms with van der Waals surface area (Å²) in [5.74, 6) is -0.308. The Bertz CT molecular complexity index is 412. The van der Waals surface area contributed by atoms with E-state index in [4.69, 9.17) is 5.11 Å². The summed E-state index contributed by atoms with van der Waals surface area (Å²) in [6.07, 6.45) is 1.13. The molecule has 1 saturated carbocycles. The van der Waals surface area contributed by atoms with Crippen molar-refractivity contribution >= 4 is 27.6 Å². The van der Waals surface area contributed by atoms with Gasteiger partial charge in [0.05, 0.1) is 24.0 Å². The number of aliphatic hydroxyl groups is 1. The highest BCUT2D eigenvalue weighted by Gasteiger charge is 2.46. The zero-order valence-corrected chi connectivity index (χ0v) is 11.0. The number of aliphatic carboxylic acids is 1. The number of hydrogen-bond acceptors (Lipinski definition) is 5. The van der Waals surface area contributed by atoms with Crippen LogP contribution in [0.3, 0.4) is 0 Å². The monoisotopic (exact) mass is 280 g/mol. The molecule has 17 heavy (non-hydrogen) atoms. The van der Waals surface area contributed by atoms with E-state index in [2.05, 4.69) is 0 Å². The normalized spacial score (nSPS) is 33.5. The molecule has 7 heteroatoms. The van der Waals surface area contributed by atoms with Gasteiger partial charge in [-0.3, -0.25) is 4.79 Å². The number of thioether (sulfide) groups is 1. The lowest BCUT2D eigenvalue weighted by Crippen LogP contribution is -2.22. The predicted molar refractivity (Wildman–Crippen MR) is 64.8 cm³/mol. The third-order valence-corrected chi connectivity index (χ3v) is 6.97. The highest BCUT2D eigenvalue weighted by Crippen LogP contribution is 2.52. The van der Waals surface area contributed by atoms with E-state index in [1.54, 1.807) is 0 Å². The van der Waals surface area contributed by atoms with Crippen molar-refractivity contribution in [3.8, 4) is 0 Å². The molecule has 2 fully saturated rings. The number of hydrogen-bond donors (Lipinski definition) is 2. The first kappa shape index (κ1) is 13.2. The fourth-order valence-electron chi connectivity index (χ4n) is 2.11. The van der Waals surface area contributed by atoms with E-state index in [-0.39, 0.29) is 28.6 Å². The van der Waals surface area contributed by atoms with E-state index in [0.29, 0.717) is 5.75 Å². The first-order valence-corrected chi connectivity index (χ1v) is 8.41. The standard InChI is InChI=1S/C10H16O5S2/c11-7-4-17(14,15)5-8(7)16-6-10(1-2-10)3-9(12)13/h7-8,11H,1-6H2,(H,12,13). The van der Waals surface area contributed by atoms with Crippen molar-refractivity contribution in [3.05, 3.63) is 0 Å². The zero-order chi connectivity index (χ0) is 12.7. The van der Waals surface area contributed by atoms with Crippen LogP contribution >= 0.6 is 11.8 Å². The smallest absolute Gasteiger partial charge is 0.303 e. The number of carboxylic acid groups (broad SMARTS) is 1. The van der Waals surface area contributed by atoms with Gasteiger partial charge in [-0.1, -0.05) is 0 Å². The molecule has 0 aromatic carbocycles. The molecule has 2 unspecified atom stereocenters. The molecular formula is C10H16O5S2. The van der Waals surface area contributed by atoms with Gasteiger partial charge < -0.3 is 10.2 Å². The minimum Gasteiger partial charge on any atom is -0.481 e. The van der Waals surface area contributed by atoms with Crippen LogP contribution in [0.5, 0.6) is 0 Å². The Kier molecular flexibility index (Phi) is 3.44. The van der Waals surface area contributed by atoms with Gasteiger partial charge in [-0.2, -0.15) is 11.8 Å². The molecule has 1 aliphatic heterocycles. The lowest BCUT2D eigenvalue weighted by molar-refractivity contribution is -0.138. The van der Waals surface area contributed by atoms with Gasteiger partial charge in [-0.05, 0) is 24.0 Å². The van der Waals surface area contributed by atoms with Gasteiger partial charge in [0.25, 0.3) is 0 Å². The molecule has 1 heterocycles. The Morgan fingerprint density at radius 3 is 2.41 bits per heavy atom. The first-order valence-electron chi connectivity index (χ1n) is 5.54. The van der Waals surface area contributed by atoms with E-state index in [1.807, 2.05) is 0 Å². The molecule has 2 aliphatic rings. The van der Waals surface area contributed by atoms with Crippen LogP contribution in [0.25, 0.3) is 0 Å². The third kappa shape index (κ3) is 3.35. The molecule has 0 radical (unpaired) electrons. The maximum Gasteiger partial charge on any atom is 0.303 e. The van der Waals surface area contributed by atoms with Crippen LogP contribution in [-0.2, 0) is 14.6 Å². The van der Waals surface area contributed by atoms with Crippen LogP contribution in [0.15, 0.2) is 0 Å². The van der Waals surface area contributed by atoms with Gasteiger partial charge in [-0.15, -0.1) is 0 Å². The quantitative estimate of drug-likeness (QED) is 0.744. The van der Waals surface area contributed by atoms with Crippen molar-refractivity contribution < 1.29 is 23.4 Å². The molecule has 1 aliphatic carbocycles. The van der Waals surface area contributed by atoms with Crippen molar-refractivity contribution in [2.45, 2.75) is 30.6 Å². The summed E-state index contributed by atoms with van der Waals surface area (Å²) in [4.78, 5) is 10.7. The van der Waals surface area contributed by atoms with Crippen LogP contribution in [0, 0.1) is 5.41 Å². The lowest BCUT2D eigenvalue weighted by atomic mass is 10.1. The number of rotatable bonds is 5. The van der Waals surface area contributed by atoms with Gasteiger partial charge in [-0.25, -0.2) is 8.42 Å². The van der Waals surface area contributed by atoms with Crippen LogP contribution in [0.1, 0.15) is 19.3 Å². The SMILES string of the molecule is O=C(O)CC1(CSC2CS(=O)(=O)CC2O)CC1. The molecule has 0 bridgehead atoms. The highest BCUT2D eigenvalue weighted by molar-refractivity contribution is 8.01. The largest absolute Gasteiger partial charge is 0.481 e. The van der Waals surface area contributed by atoms with Gasteiger partial charge in [0, 0.05) is 5.25 Å². The number of aliphatic hydroxyl groups excluding tert-OH is 1. The molecule has 2 rings (SSSR count). The fraction of sp³-hybridized carbons (Fsp3) is 0.900. The van der Waals surface area contributed by atoms with E-state index in [0.717, 1.165) is 12.8 Å². The molecule has 0 spiro atoms. The van der Waals surface area contributed by atoms with E-state index >= 15 is 0 Å². The van der Waals surface area contributed by atoms with Gasteiger partial charge in [0.15, 0.2) is 9.84 Å². The third-order valence-electron chi connectivity index (χ3n) is 3.36. The fourth-order valence-corrected chi connectivity index (χ4v) is 6.13. The first-order chi connectivity index (χ1) is 7.82. The second-order valence-corrected chi connectivity index (χ2v) is 8.45. The van der Waals surface area contributed by atoms with Gasteiger partial charge in [0.1, 0.15) is 0 Å². The highest BCUT2D eigenvalue weighted by atomic mass is 32.2. The maximum absolute atomic E-state index is 11.3. The number of carbonyl (C=O) groups is 1. The molecular weight excluding hydrogens is 264 g/mol. The predicted octanol–water partition coefficient (Wildman–Crippen LogP) is 0.132. The van der Waals surface area contributed by atoms with E-state index in [1.165, 1.54) is 11.8 Å². The molecule has 98 valence electrons. The van der Waals surface area contributed by atoms with Crippen molar-refractivity contribution in [3.63, 3.8) is 0 Å². The minimum absolute atomic E-state index is 0.0159. The Morgan fingerprint density at radius 1 is 1.35 bits per heavy atom. The number of sulfone groups is 1. The van der Waals surface area contributed by atoms with Crippen molar-refractivity contribution in [1.29, 1.82) is 0 Å². The molecule has 2 atom stereocenters. The molecule has 0 aromatic heterocycles. The average Bonchev–Trinajstić information content (AvgIpc) is 2.84. The van der Waals surface area contributed by atoms with Gasteiger partial charge >= 0.3 is 5.97 Å². The minimum atomic E-state index is -3.10. The maximum atomic E-state index is 11.3. The van der Waals surface area contributed by atoms with Crippen LogP contribution in [-0.4, -0.2) is 53.2 Å². The average molecular weight is 280 g/mol. The summed E-state index contributed by atoms with van der Waals surface area (Å²) in [6, 6.07) is 0. The summed E-state index contributed by atoms with van der Waals surface area (Å²) in [7, 11) is -3.10. The van der Waals surface area contributed by atoms with Crippen LogP contribution < -0.4 is 0 Å². The summed E-state index contributed by atoms with van der Waals surface area (Å²) in [5.41, 5.74) is -0.150. The summed E-state index contributed by atoms with van der Waals surface area (Å²) >= 11 is 1.41. The van der Waals surface area contributed by atoms with Crippen molar-refractivity contribution in [1.82, 2.24) is 0 Å². The van der Waals surface area contributed by atoms with Crippen molar-refractivity contribution in [2.75, 3.05) is 17.3 Å². The molecule has 0 amide bonds. The summed E-state index contributed by atoms with van der Waals surface area (Å²) < 4.78 is 22.6. The second-order valence-electron chi connectivity index (χ2n) is 5.06. The van der Waals surface area contributed by atoms with E-state index < -0.39 is 21.9 Å².